The van der Waals surface area contributed by atoms with Gasteiger partial charge in [0.15, 0.2) is 0 Å². The van der Waals surface area contributed by atoms with Crippen molar-refractivity contribution in [2.45, 2.75) is 38.0 Å². The lowest BCUT2D eigenvalue weighted by Crippen LogP contribution is -2.60. The summed E-state index contributed by atoms with van der Waals surface area (Å²) in [6.07, 6.45) is 2.58. The molecule has 1 atom stereocenters. The van der Waals surface area contributed by atoms with Gasteiger partial charge in [-0.3, -0.25) is 14.6 Å². The van der Waals surface area contributed by atoms with Gasteiger partial charge in [0.1, 0.15) is 0 Å². The predicted octanol–water partition coefficient (Wildman–Crippen LogP) is 3.51. The van der Waals surface area contributed by atoms with Gasteiger partial charge in [-0.05, 0) is 48.5 Å². The number of hydrogen-bond acceptors (Lipinski definition) is 5. The Bertz CT molecular complexity index is 1110. The summed E-state index contributed by atoms with van der Waals surface area (Å²) in [5.74, 6) is 0.0249. The van der Waals surface area contributed by atoms with Crippen LogP contribution in [0.4, 0.5) is 5.69 Å². The summed E-state index contributed by atoms with van der Waals surface area (Å²) in [4.78, 5) is 32.9. The van der Waals surface area contributed by atoms with Gasteiger partial charge in [-0.1, -0.05) is 30.8 Å². The SMILES string of the molecule is CCCC(=O)N1c2ccccc2-c2c(=O)[nH]c(SC)n[n+]2C1c1ccc(C)s1. The molecule has 1 N–H and O–H groups in total. The van der Waals surface area contributed by atoms with Crippen LogP contribution in [0.15, 0.2) is 46.3 Å². The number of nitrogens with zero attached hydrogens (tertiary/aromatic N) is 3. The molecule has 0 spiro atoms. The Kier molecular flexibility index (Phi) is 5.07. The summed E-state index contributed by atoms with van der Waals surface area (Å²) in [6, 6.07) is 11.6. The highest BCUT2D eigenvalue weighted by Gasteiger charge is 2.46. The van der Waals surface area contributed by atoms with Crippen molar-refractivity contribution in [2.75, 3.05) is 11.2 Å². The molecule has 0 fully saturated rings. The molecule has 3 aromatic rings. The zero-order valence-corrected chi connectivity index (χ0v) is 17.6. The maximum atomic E-state index is 13.2. The number of fused-ring (bicyclic) bond motifs is 3. The van der Waals surface area contributed by atoms with Crippen LogP contribution in [0.2, 0.25) is 0 Å². The van der Waals surface area contributed by atoms with E-state index in [4.69, 9.17) is 0 Å². The Morgan fingerprint density at radius 1 is 1.32 bits per heavy atom. The summed E-state index contributed by atoms with van der Waals surface area (Å²) >= 11 is 2.99. The van der Waals surface area contributed by atoms with Crippen molar-refractivity contribution in [3.63, 3.8) is 0 Å². The Balaban J connectivity index is 2.05. The van der Waals surface area contributed by atoms with Crippen molar-refractivity contribution >= 4 is 34.7 Å². The van der Waals surface area contributed by atoms with Crippen LogP contribution in [0.25, 0.3) is 11.3 Å². The standard InChI is InChI=1S/C20H20N4O2S2/c1-4-7-16(25)23-14-9-6-5-8-13(14)17-18(26)21-20(27-3)22-24(17)19(23)15-11-10-12(2)28-15/h5-6,8-11,19H,4,7H2,1-3H3/p+1. The number of aromatic amines is 1. The van der Waals surface area contributed by atoms with E-state index < -0.39 is 6.17 Å². The van der Waals surface area contributed by atoms with E-state index in [0.29, 0.717) is 17.3 Å². The van der Waals surface area contributed by atoms with E-state index in [1.165, 1.54) is 11.8 Å². The molecule has 1 aliphatic heterocycles. The zero-order valence-electron chi connectivity index (χ0n) is 15.9. The van der Waals surface area contributed by atoms with Gasteiger partial charge in [0, 0.05) is 16.4 Å². The van der Waals surface area contributed by atoms with Crippen molar-refractivity contribution in [1.82, 2.24) is 10.1 Å². The second kappa shape index (κ2) is 7.52. The average Bonchev–Trinajstić information content (AvgIpc) is 3.12. The van der Waals surface area contributed by atoms with Crippen LogP contribution in [0.5, 0.6) is 0 Å². The van der Waals surface area contributed by atoms with Crippen LogP contribution in [-0.2, 0) is 4.79 Å². The smallest absolute Gasteiger partial charge is 0.291 e. The molecule has 0 bridgehead atoms. The minimum absolute atomic E-state index is 0.0249. The third kappa shape index (κ3) is 3.06. The van der Waals surface area contributed by atoms with E-state index in [1.807, 2.05) is 56.5 Å². The number of para-hydroxylation sites is 1. The molecule has 28 heavy (non-hydrogen) atoms. The Morgan fingerprint density at radius 2 is 2.11 bits per heavy atom. The van der Waals surface area contributed by atoms with Gasteiger partial charge < -0.3 is 0 Å². The second-order valence-electron chi connectivity index (χ2n) is 6.61. The first-order chi connectivity index (χ1) is 13.5. The fraction of sp³-hybridized carbons (Fsp3) is 0.300. The molecule has 1 aliphatic rings. The molecule has 1 unspecified atom stereocenters. The molecule has 1 aromatic carbocycles. The van der Waals surface area contributed by atoms with Gasteiger partial charge in [-0.2, -0.15) is 0 Å². The molecule has 2 aromatic heterocycles. The molecule has 0 aliphatic carbocycles. The molecule has 144 valence electrons. The fourth-order valence-corrected chi connectivity index (χ4v) is 4.84. The minimum Gasteiger partial charge on any atom is -0.291 e. The molecule has 0 saturated carbocycles. The van der Waals surface area contributed by atoms with Crippen LogP contribution in [-0.4, -0.2) is 22.2 Å². The van der Waals surface area contributed by atoms with Crippen molar-refractivity contribution in [1.29, 1.82) is 0 Å². The maximum absolute atomic E-state index is 13.2. The molecule has 1 amide bonds. The van der Waals surface area contributed by atoms with Gasteiger partial charge in [-0.25, -0.2) is 4.90 Å². The summed E-state index contributed by atoms with van der Waals surface area (Å²) in [5.41, 5.74) is 1.75. The second-order valence-corrected chi connectivity index (χ2v) is 8.72. The average molecular weight is 414 g/mol. The van der Waals surface area contributed by atoms with Crippen LogP contribution >= 0.6 is 23.1 Å². The summed E-state index contributed by atoms with van der Waals surface area (Å²) in [6.45, 7) is 4.03. The summed E-state index contributed by atoms with van der Waals surface area (Å²) < 4.78 is 1.71. The summed E-state index contributed by atoms with van der Waals surface area (Å²) in [5, 5.41) is 5.21. The van der Waals surface area contributed by atoms with E-state index in [2.05, 4.69) is 10.1 Å². The normalized spacial score (nSPS) is 15.2. The Hall–Kier alpha value is -2.45. The quantitative estimate of drug-likeness (QED) is 0.525. The number of H-pyrrole nitrogens is 1. The van der Waals surface area contributed by atoms with Gasteiger partial charge >= 0.3 is 17.4 Å². The first-order valence-corrected chi connectivity index (χ1v) is 11.2. The fourth-order valence-electron chi connectivity index (χ4n) is 3.52. The molecule has 4 rings (SSSR count). The number of aromatic nitrogens is 3. The number of carbonyl (C=O) groups excluding carboxylic acids is 1. The topological polar surface area (TPSA) is 69.9 Å². The van der Waals surface area contributed by atoms with Gasteiger partial charge in [0.2, 0.25) is 11.1 Å². The van der Waals surface area contributed by atoms with E-state index >= 15 is 0 Å². The van der Waals surface area contributed by atoms with E-state index in [1.54, 1.807) is 20.9 Å². The van der Waals surface area contributed by atoms with Crippen LogP contribution < -0.4 is 15.1 Å². The number of thiophene rings is 1. The van der Waals surface area contributed by atoms with Crippen LogP contribution in [0, 0.1) is 6.92 Å². The maximum Gasteiger partial charge on any atom is 0.325 e. The van der Waals surface area contributed by atoms with E-state index in [9.17, 15) is 9.59 Å². The first-order valence-electron chi connectivity index (χ1n) is 9.13. The molecule has 0 saturated heterocycles. The number of aryl methyl sites for hydroxylation is 1. The molecular formula is C20H21N4O2S2+. The monoisotopic (exact) mass is 413 g/mol. The Morgan fingerprint density at radius 3 is 2.79 bits per heavy atom. The van der Waals surface area contributed by atoms with Crippen molar-refractivity contribution < 1.29 is 9.48 Å². The highest BCUT2D eigenvalue weighted by Crippen LogP contribution is 2.39. The number of hydrogen-bond donors (Lipinski definition) is 1. The van der Waals surface area contributed by atoms with Crippen LogP contribution in [0.1, 0.15) is 35.7 Å². The van der Waals surface area contributed by atoms with Crippen molar-refractivity contribution in [3.05, 3.63) is 56.5 Å². The van der Waals surface area contributed by atoms with Gasteiger partial charge in [-0.15, -0.1) is 11.3 Å². The van der Waals surface area contributed by atoms with Crippen molar-refractivity contribution in [2.24, 2.45) is 0 Å². The lowest BCUT2D eigenvalue weighted by atomic mass is 10.0. The number of nitrogens with one attached hydrogen (secondary N) is 1. The Labute approximate surface area is 171 Å². The highest BCUT2D eigenvalue weighted by molar-refractivity contribution is 7.98. The molecule has 0 radical (unpaired) electrons. The van der Waals surface area contributed by atoms with Crippen LogP contribution in [0.3, 0.4) is 0 Å². The third-order valence-corrected chi connectivity index (χ3v) is 6.31. The first kappa shape index (κ1) is 18.9. The van der Waals surface area contributed by atoms with Gasteiger partial charge in [0.05, 0.1) is 16.1 Å². The minimum atomic E-state index is -0.476. The number of thioether (sulfide) groups is 1. The number of rotatable bonds is 4. The third-order valence-electron chi connectivity index (χ3n) is 4.70. The number of amides is 1. The van der Waals surface area contributed by atoms with E-state index in [0.717, 1.165) is 27.4 Å². The van der Waals surface area contributed by atoms with Gasteiger partial charge in [0.25, 0.3) is 0 Å². The molecule has 3 heterocycles. The molecular weight excluding hydrogens is 392 g/mol. The number of anilines is 1. The number of benzene rings is 1. The zero-order chi connectivity index (χ0) is 19.8. The molecule has 6 nitrogen and oxygen atoms in total. The number of carbonyl (C=O) groups is 1. The largest absolute Gasteiger partial charge is 0.325 e. The lowest BCUT2D eigenvalue weighted by Gasteiger charge is -2.31. The predicted molar refractivity (Wildman–Crippen MR) is 112 cm³/mol. The lowest BCUT2D eigenvalue weighted by molar-refractivity contribution is -0.762. The molecule has 8 heteroatoms. The summed E-state index contributed by atoms with van der Waals surface area (Å²) in [7, 11) is 0. The highest BCUT2D eigenvalue weighted by atomic mass is 32.2. The van der Waals surface area contributed by atoms with Crippen molar-refractivity contribution in [3.8, 4) is 11.3 Å². The van der Waals surface area contributed by atoms with E-state index in [-0.39, 0.29) is 11.5 Å².